The van der Waals surface area contributed by atoms with Crippen molar-refractivity contribution < 1.29 is 57.1 Å². The number of aryl methyl sites for hydroxylation is 6. The number of para-hydroxylation sites is 4. The maximum Gasteiger partial charge on any atom is 0.330 e. The van der Waals surface area contributed by atoms with Crippen molar-refractivity contribution in [3.05, 3.63) is 411 Å². The van der Waals surface area contributed by atoms with Crippen molar-refractivity contribution in [1.29, 1.82) is 0 Å². The Kier molecular flexibility index (Phi) is 31.1. The van der Waals surface area contributed by atoms with Gasteiger partial charge in [-0.1, -0.05) is 235 Å². The third-order valence-corrected chi connectivity index (χ3v) is 25.9. The molecule has 16 heteroatoms. The first-order valence-corrected chi connectivity index (χ1v) is 48.2. The lowest BCUT2D eigenvalue weighted by Gasteiger charge is -2.35. The molecule has 14 aromatic rings. The molecule has 2 aliphatic carbocycles. The molecule has 0 aromatic heterocycles. The number of nitrogens with zero attached hydrogens (tertiary/aromatic N) is 4. The molecule has 0 atom stereocenters. The average molecular weight is 1830 g/mol. The van der Waals surface area contributed by atoms with Crippen molar-refractivity contribution in [2.45, 2.75) is 141 Å². The first kappa shape index (κ1) is 94.1. The van der Waals surface area contributed by atoms with Crippen molar-refractivity contribution in [2.75, 3.05) is 46.0 Å². The van der Waals surface area contributed by atoms with Crippen molar-refractivity contribution in [2.24, 2.45) is 0 Å². The molecule has 696 valence electrons. The second kappa shape index (κ2) is 45.6. The first-order valence-electron chi connectivity index (χ1n) is 48.2. The number of carbonyl (C=O) groups excluding carboxylic acids is 4. The number of benzene rings is 14. The fourth-order valence-electron chi connectivity index (χ4n) is 18.8. The minimum absolute atomic E-state index is 0.363. The molecule has 0 amide bonds. The number of fused-ring (bicyclic) bond motifs is 8. The van der Waals surface area contributed by atoms with Crippen LogP contribution in [0.25, 0.3) is 22.3 Å². The van der Waals surface area contributed by atoms with Gasteiger partial charge in [-0.2, -0.15) is 0 Å². The first-order chi connectivity index (χ1) is 67.7. The molecule has 4 heterocycles. The topological polar surface area (TPSA) is 155 Å². The summed E-state index contributed by atoms with van der Waals surface area (Å²) in [5, 5.41) is 0. The van der Waals surface area contributed by atoms with Gasteiger partial charge in [0.25, 0.3) is 0 Å². The number of anilines is 12. The number of rotatable bonds is 28. The molecule has 0 N–H and O–H groups in total. The predicted molar refractivity (Wildman–Crippen MR) is 555 cm³/mol. The van der Waals surface area contributed by atoms with E-state index >= 15 is 0 Å². The molecule has 14 aromatic carbocycles. The summed E-state index contributed by atoms with van der Waals surface area (Å²) in [7, 11) is 0. The zero-order chi connectivity index (χ0) is 95.1. The Morgan fingerprint density at radius 1 is 0.268 bits per heavy atom. The Balaban J connectivity index is 0.000000129. The van der Waals surface area contributed by atoms with Crippen LogP contribution in [-0.2, 0) is 63.8 Å². The van der Waals surface area contributed by atoms with Gasteiger partial charge < -0.3 is 57.5 Å². The summed E-state index contributed by atoms with van der Waals surface area (Å²) in [5.41, 5.74) is 27.1. The van der Waals surface area contributed by atoms with Crippen molar-refractivity contribution >= 4 is 92.1 Å². The molecule has 2 fully saturated rings. The van der Waals surface area contributed by atoms with E-state index < -0.39 is 0 Å². The lowest BCUT2D eigenvalue weighted by atomic mass is 9.83. The Morgan fingerprint density at radius 3 is 0.826 bits per heavy atom. The lowest BCUT2D eigenvalue weighted by molar-refractivity contribution is -0.138. The zero-order valence-electron chi connectivity index (χ0n) is 78.6. The van der Waals surface area contributed by atoms with Crippen molar-refractivity contribution in [1.82, 2.24) is 0 Å². The van der Waals surface area contributed by atoms with E-state index in [1.165, 1.54) is 122 Å². The summed E-state index contributed by atoms with van der Waals surface area (Å²) in [4.78, 5) is 53.9. The molecule has 138 heavy (non-hydrogen) atoms. The molecule has 6 aliphatic rings. The van der Waals surface area contributed by atoms with E-state index in [1.54, 1.807) is 0 Å². The Labute approximate surface area is 810 Å². The summed E-state index contributed by atoms with van der Waals surface area (Å²) >= 11 is 0. The van der Waals surface area contributed by atoms with E-state index in [0.29, 0.717) is 38.3 Å². The highest BCUT2D eigenvalue weighted by molar-refractivity contribution is 5.93. The molecule has 16 nitrogen and oxygen atoms in total. The van der Waals surface area contributed by atoms with Crippen molar-refractivity contribution in [3.8, 4) is 68.2 Å². The molecule has 2 saturated carbocycles. The minimum atomic E-state index is -0.383. The highest BCUT2D eigenvalue weighted by atomic mass is 16.5. The maximum atomic E-state index is 11.3. The van der Waals surface area contributed by atoms with Gasteiger partial charge in [0, 0.05) is 47.1 Å². The van der Waals surface area contributed by atoms with E-state index in [-0.39, 0.29) is 23.9 Å². The maximum absolute atomic E-state index is 11.3. The van der Waals surface area contributed by atoms with Crippen LogP contribution in [0.5, 0.6) is 46.0 Å². The van der Waals surface area contributed by atoms with Crippen LogP contribution < -0.4 is 38.5 Å². The van der Waals surface area contributed by atoms with Gasteiger partial charge in [0.15, 0.2) is 46.0 Å². The average Bonchev–Trinajstić information content (AvgIpc) is 0.760. The van der Waals surface area contributed by atoms with E-state index in [1.807, 2.05) is 72.8 Å². The number of ether oxygens (including phenoxy) is 8. The van der Waals surface area contributed by atoms with Gasteiger partial charge >= 0.3 is 23.9 Å². The smallest absolute Gasteiger partial charge is 0.330 e. The molecule has 0 bridgehead atoms. The van der Waals surface area contributed by atoms with Crippen LogP contribution in [0, 0.1) is 13.8 Å². The van der Waals surface area contributed by atoms with Crippen LogP contribution in [-0.4, -0.2) is 50.3 Å². The molecular weight excluding hydrogens is 1710 g/mol. The summed E-state index contributed by atoms with van der Waals surface area (Å²) in [6, 6.07) is 110. The molecule has 4 aliphatic heterocycles. The van der Waals surface area contributed by atoms with Gasteiger partial charge in [-0.3, -0.25) is 0 Å². The zero-order valence-corrected chi connectivity index (χ0v) is 78.6. The van der Waals surface area contributed by atoms with Gasteiger partial charge in [0.2, 0.25) is 0 Å². The molecule has 0 unspecified atom stereocenters. The second-order valence-electron chi connectivity index (χ2n) is 35.4. The van der Waals surface area contributed by atoms with E-state index in [2.05, 4.69) is 302 Å². The minimum Gasteiger partial charge on any atom is -0.463 e. The highest BCUT2D eigenvalue weighted by Gasteiger charge is 2.33. The monoisotopic (exact) mass is 1830 g/mol. The third kappa shape index (κ3) is 23.1. The fraction of sp³-hybridized carbons (Fsp3) is 0.213. The molecule has 20 rings (SSSR count). The van der Waals surface area contributed by atoms with Crippen LogP contribution in [0.3, 0.4) is 0 Å². The summed E-state index contributed by atoms with van der Waals surface area (Å²) in [6.07, 6.45) is 24.4. The number of carbonyl (C=O) groups is 4. The lowest BCUT2D eigenvalue weighted by Crippen LogP contribution is -2.17. The van der Waals surface area contributed by atoms with Gasteiger partial charge in [0.1, 0.15) is 0 Å². The molecular formula is C122H116N4O12. The molecule has 0 spiro atoms. The third-order valence-electron chi connectivity index (χ3n) is 25.9. The van der Waals surface area contributed by atoms with Crippen LogP contribution in [0.1, 0.15) is 146 Å². The second-order valence-corrected chi connectivity index (χ2v) is 35.4. The highest BCUT2D eigenvalue weighted by Crippen LogP contribution is 2.57. The van der Waals surface area contributed by atoms with E-state index in [0.717, 1.165) is 199 Å². The summed E-state index contributed by atoms with van der Waals surface area (Å²) in [6.45, 7) is 19.4. The van der Waals surface area contributed by atoms with Crippen LogP contribution in [0.4, 0.5) is 68.2 Å². The Bertz CT molecular complexity index is 6390. The van der Waals surface area contributed by atoms with Crippen molar-refractivity contribution in [3.63, 3.8) is 0 Å². The summed E-state index contributed by atoms with van der Waals surface area (Å²) < 4.78 is 45.9. The van der Waals surface area contributed by atoms with Gasteiger partial charge in [-0.25, -0.2) is 19.2 Å². The number of esters is 4. The van der Waals surface area contributed by atoms with Crippen LogP contribution in [0.15, 0.2) is 366 Å². The van der Waals surface area contributed by atoms with Crippen LogP contribution >= 0.6 is 0 Å². The standard InChI is InChI=1S/C36H41NO3.C36H29NO3.C26H25NO3.C24H21NO3/c2*1-2-36(38)39-23-9-10-26-15-19-31(20-16-26)37-32-21-17-29(27-11-5-3-6-12-27)24-34(32)40-35-25-30(18-22-33(35)37)28-13-7-4-8-14-28;1-4-26(28)29-15-5-6-20-9-11-21(12-10-20)27-22-13-7-18(2)16-24(22)30-25-17-19(3)8-14-23(25)27;1-2-24(26)27-17-7-8-18-13-15-19(16-14-18)25-20-9-3-5-11-22(20)28-23-12-6-4-10-21(23)25/h2,15-22,24-25,27-28H,1,3-14,23H2;2-8,11-22,24-25H,1,9-10,23H2;4,7-14,16-17H,1,5-6,15H2,2-3H3;2-6,9-16H,1,7-8,17H2. The number of hydrogen-bond donors (Lipinski definition) is 0. The largest absolute Gasteiger partial charge is 0.463 e. The van der Waals surface area contributed by atoms with Gasteiger partial charge in [0.05, 0.1) is 71.9 Å². The van der Waals surface area contributed by atoms with E-state index in [4.69, 9.17) is 37.9 Å². The predicted octanol–water partition coefficient (Wildman–Crippen LogP) is 31.7. The molecule has 0 saturated heterocycles. The molecule has 0 radical (unpaired) electrons. The van der Waals surface area contributed by atoms with E-state index in [9.17, 15) is 19.2 Å². The van der Waals surface area contributed by atoms with Gasteiger partial charge in [-0.15, -0.1) is 0 Å². The number of hydrogen-bond acceptors (Lipinski definition) is 16. The van der Waals surface area contributed by atoms with Crippen LogP contribution in [0.2, 0.25) is 0 Å². The fourth-order valence-corrected chi connectivity index (χ4v) is 18.8. The van der Waals surface area contributed by atoms with Gasteiger partial charge in [-0.05, 0) is 315 Å². The Morgan fingerprint density at radius 2 is 0.522 bits per heavy atom. The normalized spacial score (nSPS) is 13.4. The Hall–Kier alpha value is -15.7. The summed E-state index contributed by atoms with van der Waals surface area (Å²) in [5.74, 6) is 6.73. The quantitative estimate of drug-likeness (QED) is 0.0197. The SMILES string of the molecule is C=CC(=O)OCCCc1ccc(N2c3ccc(-c4ccccc4)cc3Oc3cc(-c4ccccc4)ccc32)cc1.C=CC(=O)OCCCc1ccc(N2c3ccc(C)cc3Oc3cc(C)ccc32)cc1.C=CC(=O)OCCCc1ccc(N2c3ccc(C4CCCCC4)cc3Oc3cc(C4CCCCC4)ccc32)cc1.C=CC(=O)OCCCc1ccc(N2c3ccccc3Oc3ccccc32)cc1.